The molecule has 0 aliphatic heterocycles. The minimum absolute atomic E-state index is 0.0830. The third-order valence-corrected chi connectivity index (χ3v) is 3.09. The lowest BCUT2D eigenvalue weighted by molar-refractivity contribution is 0.0555. The molecule has 0 saturated heterocycles. The number of rotatable bonds is 3. The molecule has 0 amide bonds. The summed E-state index contributed by atoms with van der Waals surface area (Å²) in [6, 6.07) is 4.68. The predicted octanol–water partition coefficient (Wildman–Crippen LogP) is 1.59. The van der Waals surface area contributed by atoms with Gasteiger partial charge in [-0.3, -0.25) is 4.98 Å². The van der Waals surface area contributed by atoms with Gasteiger partial charge in [0.2, 0.25) is 0 Å². The van der Waals surface area contributed by atoms with E-state index in [1.165, 1.54) is 33.6 Å². The van der Waals surface area contributed by atoms with E-state index in [-0.39, 0.29) is 22.1 Å². The number of carbonyl (C=O) groups excluding carboxylic acids is 3. The number of nitrogens with zero attached hydrogens (tertiary/aromatic N) is 1. The van der Waals surface area contributed by atoms with E-state index in [2.05, 4.69) is 9.72 Å². The Labute approximate surface area is 125 Å². The maximum atomic E-state index is 12.1. The Balaban J connectivity index is 2.93. The van der Waals surface area contributed by atoms with Crippen LogP contribution in [0.4, 0.5) is 0 Å². The second-order valence-electron chi connectivity index (χ2n) is 4.22. The van der Waals surface area contributed by atoms with Crippen molar-refractivity contribution < 1.29 is 28.6 Å². The zero-order valence-electron chi connectivity index (χ0n) is 12.2. The Morgan fingerprint density at radius 3 is 2.05 bits per heavy atom. The molecule has 2 rings (SSSR count). The fraction of sp³-hybridized carbons (Fsp3) is 0.200. The van der Waals surface area contributed by atoms with Crippen LogP contribution in [0.25, 0.3) is 10.9 Å². The van der Waals surface area contributed by atoms with E-state index < -0.39 is 17.9 Å². The van der Waals surface area contributed by atoms with Crippen LogP contribution < -0.4 is 0 Å². The highest BCUT2D eigenvalue weighted by Gasteiger charge is 2.25. The van der Waals surface area contributed by atoms with Gasteiger partial charge in [0.05, 0.1) is 43.5 Å². The first-order valence-electron chi connectivity index (χ1n) is 6.21. The van der Waals surface area contributed by atoms with Gasteiger partial charge in [-0.2, -0.15) is 0 Å². The summed E-state index contributed by atoms with van der Waals surface area (Å²) >= 11 is 0. The summed E-state index contributed by atoms with van der Waals surface area (Å²) in [4.78, 5) is 40.0. The summed E-state index contributed by atoms with van der Waals surface area (Å²) < 4.78 is 14.1. The van der Waals surface area contributed by atoms with Gasteiger partial charge in [0, 0.05) is 11.6 Å². The van der Waals surface area contributed by atoms with E-state index in [1.54, 1.807) is 12.1 Å². The molecule has 7 heteroatoms. The van der Waals surface area contributed by atoms with Gasteiger partial charge in [-0.25, -0.2) is 14.4 Å². The number of esters is 3. The average Bonchev–Trinajstić information content (AvgIpc) is 2.57. The first kappa shape index (κ1) is 15.4. The highest BCUT2D eigenvalue weighted by molar-refractivity contribution is 6.17. The molecule has 0 aliphatic rings. The zero-order valence-corrected chi connectivity index (χ0v) is 12.2. The molecule has 0 radical (unpaired) electrons. The maximum absolute atomic E-state index is 12.1. The van der Waals surface area contributed by atoms with Crippen molar-refractivity contribution in [3.8, 4) is 0 Å². The van der Waals surface area contributed by atoms with Crippen molar-refractivity contribution in [2.75, 3.05) is 21.3 Å². The number of methoxy groups -OCH3 is 3. The van der Waals surface area contributed by atoms with Gasteiger partial charge in [-0.1, -0.05) is 6.07 Å². The molecule has 0 spiro atoms. The molecule has 0 unspecified atom stereocenters. The molecule has 114 valence electrons. The SMILES string of the molecule is COC(=O)c1cnc2cccc(C(=O)OC)c2c1C(=O)OC. The van der Waals surface area contributed by atoms with Gasteiger partial charge in [-0.05, 0) is 12.1 Å². The lowest BCUT2D eigenvalue weighted by Crippen LogP contribution is -2.15. The number of aromatic nitrogens is 1. The number of ether oxygens (including phenoxy) is 3. The summed E-state index contributed by atoms with van der Waals surface area (Å²) in [6.07, 6.45) is 1.21. The van der Waals surface area contributed by atoms with E-state index in [4.69, 9.17) is 9.47 Å². The quantitative estimate of drug-likeness (QED) is 0.628. The molecule has 0 aliphatic carbocycles. The largest absolute Gasteiger partial charge is 0.465 e. The molecule has 0 saturated carbocycles. The van der Waals surface area contributed by atoms with Crippen molar-refractivity contribution in [3.63, 3.8) is 0 Å². The first-order chi connectivity index (χ1) is 10.5. The third-order valence-electron chi connectivity index (χ3n) is 3.09. The van der Waals surface area contributed by atoms with Gasteiger partial charge in [0.1, 0.15) is 0 Å². The van der Waals surface area contributed by atoms with E-state index in [9.17, 15) is 14.4 Å². The Morgan fingerprint density at radius 2 is 1.45 bits per heavy atom. The Bertz CT molecular complexity index is 768. The van der Waals surface area contributed by atoms with E-state index in [0.717, 1.165) is 0 Å². The van der Waals surface area contributed by atoms with Gasteiger partial charge >= 0.3 is 17.9 Å². The molecular weight excluding hydrogens is 290 g/mol. The van der Waals surface area contributed by atoms with Crippen LogP contribution in [0.3, 0.4) is 0 Å². The summed E-state index contributed by atoms with van der Waals surface area (Å²) in [5, 5.41) is 0.184. The van der Waals surface area contributed by atoms with Crippen LogP contribution in [-0.4, -0.2) is 44.2 Å². The smallest absolute Gasteiger partial charge is 0.340 e. The summed E-state index contributed by atoms with van der Waals surface area (Å²) in [5.41, 5.74) is 0.299. The molecule has 0 bridgehead atoms. The van der Waals surface area contributed by atoms with Gasteiger partial charge in [-0.15, -0.1) is 0 Å². The predicted molar refractivity (Wildman–Crippen MR) is 75.8 cm³/mol. The molecule has 0 fully saturated rings. The van der Waals surface area contributed by atoms with Crippen molar-refractivity contribution in [2.45, 2.75) is 0 Å². The van der Waals surface area contributed by atoms with Crippen molar-refractivity contribution >= 4 is 28.8 Å². The molecule has 0 N–H and O–H groups in total. The highest BCUT2D eigenvalue weighted by Crippen LogP contribution is 2.26. The number of carbonyl (C=O) groups is 3. The Hall–Kier alpha value is -2.96. The van der Waals surface area contributed by atoms with Crippen molar-refractivity contribution in [1.82, 2.24) is 4.98 Å². The number of hydrogen-bond acceptors (Lipinski definition) is 7. The molecular formula is C15H13NO6. The molecule has 1 heterocycles. The van der Waals surface area contributed by atoms with Crippen LogP contribution in [0, 0.1) is 0 Å². The molecule has 0 atom stereocenters. The third kappa shape index (κ3) is 2.48. The van der Waals surface area contributed by atoms with Crippen LogP contribution in [0.5, 0.6) is 0 Å². The molecule has 1 aromatic heterocycles. The second-order valence-corrected chi connectivity index (χ2v) is 4.22. The molecule has 7 nitrogen and oxygen atoms in total. The average molecular weight is 303 g/mol. The molecule has 22 heavy (non-hydrogen) atoms. The Morgan fingerprint density at radius 1 is 0.864 bits per heavy atom. The molecule has 1 aromatic carbocycles. The van der Waals surface area contributed by atoms with Crippen molar-refractivity contribution in [1.29, 1.82) is 0 Å². The Kier molecular flexibility index (Phi) is 4.36. The number of pyridine rings is 1. The van der Waals surface area contributed by atoms with Gasteiger partial charge in [0.15, 0.2) is 0 Å². The molecule has 2 aromatic rings. The van der Waals surface area contributed by atoms with Crippen molar-refractivity contribution in [3.05, 3.63) is 41.1 Å². The van der Waals surface area contributed by atoms with Crippen LogP contribution in [0.1, 0.15) is 31.1 Å². The van der Waals surface area contributed by atoms with Crippen LogP contribution in [0.2, 0.25) is 0 Å². The summed E-state index contributed by atoms with van der Waals surface area (Å²) in [6.45, 7) is 0. The van der Waals surface area contributed by atoms with E-state index >= 15 is 0 Å². The lowest BCUT2D eigenvalue weighted by atomic mass is 9.99. The van der Waals surface area contributed by atoms with Crippen molar-refractivity contribution in [2.24, 2.45) is 0 Å². The minimum atomic E-state index is -0.774. The topological polar surface area (TPSA) is 91.8 Å². The summed E-state index contributed by atoms with van der Waals surface area (Å²) in [5.74, 6) is -2.18. The standard InChI is InChI=1S/C15H13NO6/c1-20-13(17)8-5-4-6-10-11(8)12(15(19)22-3)9(7-16-10)14(18)21-2/h4-7H,1-3H3. The van der Waals surface area contributed by atoms with E-state index in [0.29, 0.717) is 5.52 Å². The monoisotopic (exact) mass is 303 g/mol. The minimum Gasteiger partial charge on any atom is -0.465 e. The van der Waals surface area contributed by atoms with E-state index in [1.807, 2.05) is 0 Å². The normalized spacial score (nSPS) is 10.1. The number of hydrogen-bond donors (Lipinski definition) is 0. The fourth-order valence-electron chi connectivity index (χ4n) is 2.10. The second kappa shape index (κ2) is 6.21. The zero-order chi connectivity index (χ0) is 16.3. The van der Waals surface area contributed by atoms with Gasteiger partial charge in [0.25, 0.3) is 0 Å². The highest BCUT2D eigenvalue weighted by atomic mass is 16.5. The number of fused-ring (bicyclic) bond motifs is 1. The van der Waals surface area contributed by atoms with Gasteiger partial charge < -0.3 is 14.2 Å². The first-order valence-corrected chi connectivity index (χ1v) is 6.21. The maximum Gasteiger partial charge on any atom is 0.340 e. The van der Waals surface area contributed by atoms with Crippen LogP contribution in [0.15, 0.2) is 24.4 Å². The number of benzene rings is 1. The van der Waals surface area contributed by atoms with Crippen LogP contribution >= 0.6 is 0 Å². The summed E-state index contributed by atoms with van der Waals surface area (Å²) in [7, 11) is 3.58. The van der Waals surface area contributed by atoms with Crippen LogP contribution in [-0.2, 0) is 14.2 Å². The fourth-order valence-corrected chi connectivity index (χ4v) is 2.10. The lowest BCUT2D eigenvalue weighted by Gasteiger charge is -2.12.